The SMILES string of the molecule is CC1CCCC(NCc2ccc(F)c(F)c2)CC1. The highest BCUT2D eigenvalue weighted by molar-refractivity contribution is 5.17. The van der Waals surface area contributed by atoms with Crippen molar-refractivity contribution in [2.45, 2.75) is 51.6 Å². The first-order valence-corrected chi connectivity index (χ1v) is 6.82. The van der Waals surface area contributed by atoms with Crippen LogP contribution in [0.1, 0.15) is 44.6 Å². The summed E-state index contributed by atoms with van der Waals surface area (Å²) in [6.45, 7) is 2.92. The van der Waals surface area contributed by atoms with Gasteiger partial charge in [0, 0.05) is 12.6 Å². The Balaban J connectivity index is 1.85. The average molecular weight is 253 g/mol. The van der Waals surface area contributed by atoms with Crippen LogP contribution in [0.5, 0.6) is 0 Å². The van der Waals surface area contributed by atoms with E-state index in [1.807, 2.05) is 0 Å². The zero-order valence-corrected chi connectivity index (χ0v) is 10.9. The molecular formula is C15H21F2N. The maximum Gasteiger partial charge on any atom is 0.159 e. The fraction of sp³-hybridized carbons (Fsp3) is 0.600. The van der Waals surface area contributed by atoms with Gasteiger partial charge >= 0.3 is 0 Å². The summed E-state index contributed by atoms with van der Waals surface area (Å²) < 4.78 is 25.9. The van der Waals surface area contributed by atoms with Crippen molar-refractivity contribution in [3.63, 3.8) is 0 Å². The van der Waals surface area contributed by atoms with Crippen LogP contribution in [0.15, 0.2) is 18.2 Å². The van der Waals surface area contributed by atoms with E-state index >= 15 is 0 Å². The summed E-state index contributed by atoms with van der Waals surface area (Å²) in [6.07, 6.45) is 6.20. The van der Waals surface area contributed by atoms with E-state index in [-0.39, 0.29) is 0 Å². The van der Waals surface area contributed by atoms with E-state index in [4.69, 9.17) is 0 Å². The molecule has 0 aromatic heterocycles. The van der Waals surface area contributed by atoms with E-state index in [1.165, 1.54) is 44.2 Å². The molecule has 1 aromatic carbocycles. The van der Waals surface area contributed by atoms with Gasteiger partial charge in [0.2, 0.25) is 0 Å². The molecule has 3 heteroatoms. The molecule has 1 fully saturated rings. The van der Waals surface area contributed by atoms with Crippen molar-refractivity contribution in [1.82, 2.24) is 5.32 Å². The van der Waals surface area contributed by atoms with Crippen LogP contribution in [0.25, 0.3) is 0 Å². The predicted octanol–water partition coefficient (Wildman–Crippen LogP) is 4.02. The van der Waals surface area contributed by atoms with Gasteiger partial charge in [-0.2, -0.15) is 0 Å². The number of rotatable bonds is 3. The molecule has 0 heterocycles. The molecule has 1 N–H and O–H groups in total. The van der Waals surface area contributed by atoms with Gasteiger partial charge in [0.1, 0.15) is 0 Å². The van der Waals surface area contributed by atoms with Crippen LogP contribution in [0.4, 0.5) is 8.78 Å². The summed E-state index contributed by atoms with van der Waals surface area (Å²) in [7, 11) is 0. The third-order valence-corrected chi connectivity index (χ3v) is 3.84. The summed E-state index contributed by atoms with van der Waals surface area (Å²) >= 11 is 0. The van der Waals surface area contributed by atoms with Crippen molar-refractivity contribution >= 4 is 0 Å². The quantitative estimate of drug-likeness (QED) is 0.802. The Morgan fingerprint density at radius 2 is 1.94 bits per heavy atom. The first-order chi connectivity index (χ1) is 8.65. The normalized spacial score (nSPS) is 24.8. The smallest absolute Gasteiger partial charge is 0.159 e. The Morgan fingerprint density at radius 3 is 2.72 bits per heavy atom. The van der Waals surface area contributed by atoms with Gasteiger partial charge in [0.25, 0.3) is 0 Å². The first kappa shape index (κ1) is 13.5. The zero-order valence-electron chi connectivity index (χ0n) is 10.9. The number of hydrogen-bond acceptors (Lipinski definition) is 1. The van der Waals surface area contributed by atoms with Crippen LogP contribution in [0.3, 0.4) is 0 Å². The Morgan fingerprint density at radius 1 is 1.11 bits per heavy atom. The molecule has 1 aliphatic carbocycles. The molecule has 1 aromatic rings. The minimum atomic E-state index is -0.776. The summed E-state index contributed by atoms with van der Waals surface area (Å²) in [5, 5.41) is 3.46. The van der Waals surface area contributed by atoms with Gasteiger partial charge in [0.05, 0.1) is 0 Å². The summed E-state index contributed by atoms with van der Waals surface area (Å²) in [5.74, 6) is -0.717. The van der Waals surface area contributed by atoms with Gasteiger partial charge in [-0.05, 0) is 42.9 Å². The van der Waals surface area contributed by atoms with E-state index in [1.54, 1.807) is 6.07 Å². The van der Waals surface area contributed by atoms with E-state index in [2.05, 4.69) is 12.2 Å². The van der Waals surface area contributed by atoms with Crippen molar-refractivity contribution in [1.29, 1.82) is 0 Å². The molecule has 2 unspecified atom stereocenters. The van der Waals surface area contributed by atoms with Gasteiger partial charge in [-0.3, -0.25) is 0 Å². The fourth-order valence-electron chi connectivity index (χ4n) is 2.60. The molecule has 1 saturated carbocycles. The van der Waals surface area contributed by atoms with Crippen LogP contribution < -0.4 is 5.32 Å². The highest BCUT2D eigenvalue weighted by Crippen LogP contribution is 2.22. The lowest BCUT2D eigenvalue weighted by atomic mass is 10.0. The Hall–Kier alpha value is -0.960. The highest BCUT2D eigenvalue weighted by atomic mass is 19.2. The van der Waals surface area contributed by atoms with Crippen molar-refractivity contribution in [3.05, 3.63) is 35.4 Å². The van der Waals surface area contributed by atoms with Gasteiger partial charge in [0.15, 0.2) is 11.6 Å². The lowest BCUT2D eigenvalue weighted by molar-refractivity contribution is 0.445. The van der Waals surface area contributed by atoms with E-state index in [9.17, 15) is 8.78 Å². The molecule has 0 aliphatic heterocycles. The van der Waals surface area contributed by atoms with Crippen molar-refractivity contribution in [2.24, 2.45) is 5.92 Å². The third kappa shape index (κ3) is 3.77. The second-order valence-corrected chi connectivity index (χ2v) is 5.44. The van der Waals surface area contributed by atoms with Crippen LogP contribution in [0.2, 0.25) is 0 Å². The molecule has 0 bridgehead atoms. The van der Waals surface area contributed by atoms with E-state index in [0.717, 1.165) is 11.5 Å². The number of benzene rings is 1. The molecule has 18 heavy (non-hydrogen) atoms. The van der Waals surface area contributed by atoms with Gasteiger partial charge in [-0.1, -0.05) is 25.8 Å². The minimum Gasteiger partial charge on any atom is -0.310 e. The van der Waals surface area contributed by atoms with Crippen LogP contribution in [-0.4, -0.2) is 6.04 Å². The summed E-state index contributed by atoms with van der Waals surface area (Å²) in [4.78, 5) is 0. The van der Waals surface area contributed by atoms with E-state index < -0.39 is 11.6 Å². The van der Waals surface area contributed by atoms with Gasteiger partial charge < -0.3 is 5.32 Å². The maximum absolute atomic E-state index is 13.1. The Kier molecular flexibility index (Phi) is 4.70. The van der Waals surface area contributed by atoms with E-state index in [0.29, 0.717) is 12.6 Å². The summed E-state index contributed by atoms with van der Waals surface area (Å²) in [5.41, 5.74) is 0.811. The molecule has 1 nitrogen and oxygen atoms in total. The van der Waals surface area contributed by atoms with Crippen molar-refractivity contribution < 1.29 is 8.78 Å². The molecule has 100 valence electrons. The third-order valence-electron chi connectivity index (χ3n) is 3.84. The molecule has 0 radical (unpaired) electrons. The Labute approximate surface area is 108 Å². The molecule has 2 atom stereocenters. The van der Waals surface area contributed by atoms with Gasteiger partial charge in [-0.15, -0.1) is 0 Å². The number of halogens is 2. The lowest BCUT2D eigenvalue weighted by Crippen LogP contribution is -2.28. The molecular weight excluding hydrogens is 232 g/mol. The zero-order chi connectivity index (χ0) is 13.0. The standard InChI is InChI=1S/C15H21F2N/c1-11-3-2-4-13(7-5-11)18-10-12-6-8-14(16)15(17)9-12/h6,8-9,11,13,18H,2-5,7,10H2,1H3. The van der Waals surface area contributed by atoms with Crippen molar-refractivity contribution in [2.75, 3.05) is 0 Å². The molecule has 0 amide bonds. The number of nitrogens with one attached hydrogen (secondary N) is 1. The second kappa shape index (κ2) is 6.28. The lowest BCUT2D eigenvalue weighted by Gasteiger charge is -2.16. The van der Waals surface area contributed by atoms with Crippen LogP contribution in [0, 0.1) is 17.6 Å². The van der Waals surface area contributed by atoms with Crippen molar-refractivity contribution in [3.8, 4) is 0 Å². The minimum absolute atomic E-state index is 0.517. The topological polar surface area (TPSA) is 12.0 Å². The largest absolute Gasteiger partial charge is 0.310 e. The maximum atomic E-state index is 13.1. The monoisotopic (exact) mass is 253 g/mol. The predicted molar refractivity (Wildman–Crippen MR) is 69.2 cm³/mol. The van der Waals surface area contributed by atoms with Crippen LogP contribution in [-0.2, 0) is 6.54 Å². The number of hydrogen-bond donors (Lipinski definition) is 1. The molecule has 0 saturated heterocycles. The molecule has 2 rings (SSSR count). The van der Waals surface area contributed by atoms with Gasteiger partial charge in [-0.25, -0.2) is 8.78 Å². The van der Waals surface area contributed by atoms with Crippen LogP contribution >= 0.6 is 0 Å². The molecule has 0 spiro atoms. The highest BCUT2D eigenvalue weighted by Gasteiger charge is 2.15. The Bertz CT molecular complexity index is 392. The average Bonchev–Trinajstić information content (AvgIpc) is 2.56. The molecule has 1 aliphatic rings. The second-order valence-electron chi connectivity index (χ2n) is 5.44. The fourth-order valence-corrected chi connectivity index (χ4v) is 2.60. The summed E-state index contributed by atoms with van der Waals surface area (Å²) in [6, 6.07) is 4.64. The first-order valence-electron chi connectivity index (χ1n) is 6.82.